The van der Waals surface area contributed by atoms with Crippen molar-refractivity contribution in [3.8, 4) is 5.75 Å². The Kier molecular flexibility index (Phi) is 23.4. The Hall–Kier alpha value is -7.20. The Balaban J connectivity index is 0.00000462. The van der Waals surface area contributed by atoms with Crippen LogP contribution < -0.4 is 49.3 Å². The van der Waals surface area contributed by atoms with Crippen molar-refractivity contribution in [2.45, 2.75) is 182 Å². The molecule has 6 aliphatic heterocycles. The molecule has 94 heavy (non-hydrogen) atoms. The summed E-state index contributed by atoms with van der Waals surface area (Å²) in [6.45, 7) is 21.6. The molecule has 7 heterocycles. The topological polar surface area (TPSA) is 498 Å². The molecule has 2 fully saturated rings. The average Bonchev–Trinajstić information content (AvgIpc) is 1.53. The maximum Gasteiger partial charge on any atom is 0.268 e. The quantitative estimate of drug-likeness (QED) is 0.0458. The molecule has 2 aromatic rings. The van der Waals surface area contributed by atoms with E-state index >= 15 is 0 Å². The Labute approximate surface area is 556 Å². The van der Waals surface area contributed by atoms with E-state index in [-0.39, 0.29) is 94.0 Å². The summed E-state index contributed by atoms with van der Waals surface area (Å²) < 4.78 is 37.3. The van der Waals surface area contributed by atoms with Crippen LogP contribution in [0.1, 0.15) is 145 Å². The minimum atomic E-state index is -5.34. The Morgan fingerprint density at radius 3 is 1.99 bits per heavy atom. The van der Waals surface area contributed by atoms with Gasteiger partial charge in [0, 0.05) is 131 Å². The van der Waals surface area contributed by atoms with Crippen LogP contribution in [0.2, 0.25) is 0 Å². The zero-order valence-electron chi connectivity index (χ0n) is 54.9. The van der Waals surface area contributed by atoms with E-state index in [1.807, 2.05) is 54.5 Å². The molecule has 29 nitrogen and oxygen atoms in total. The van der Waals surface area contributed by atoms with Crippen molar-refractivity contribution in [1.29, 1.82) is 5.26 Å². The van der Waals surface area contributed by atoms with Gasteiger partial charge in [0.2, 0.25) is 41.4 Å². The second-order valence-corrected chi connectivity index (χ2v) is 28.2. The largest absolute Gasteiger partial charge is 0.756 e. The smallest absolute Gasteiger partial charge is 0.268 e. The Bertz CT molecular complexity index is 3620. The van der Waals surface area contributed by atoms with E-state index < -0.39 is 143 Å². The van der Waals surface area contributed by atoms with Gasteiger partial charge in [0.25, 0.3) is 7.82 Å². The van der Waals surface area contributed by atoms with Crippen LogP contribution in [-0.2, 0) is 68.7 Å². The third kappa shape index (κ3) is 14.6. The van der Waals surface area contributed by atoms with Gasteiger partial charge in [-0.1, -0.05) is 40.7 Å². The first-order valence-electron chi connectivity index (χ1n) is 30.8. The minimum absolute atomic E-state index is 0. The second-order valence-electron chi connectivity index (χ2n) is 26.9. The molecule has 2 saturated heterocycles. The molecular weight excluding hydrogens is 1280 g/mol. The number of aromatic nitrogens is 2. The fraction of sp³-hybridized carbons (Fsp3) is 0.619. The normalized spacial score (nSPS) is 32.9. The number of rotatable bonds is 27. The van der Waals surface area contributed by atoms with E-state index in [1.54, 1.807) is 26.0 Å². The number of imidazole rings is 1. The molecule has 8 bridgehead atoms. The van der Waals surface area contributed by atoms with E-state index in [2.05, 4.69) is 10.3 Å². The van der Waals surface area contributed by atoms with Gasteiger partial charge in [-0.25, -0.2) is 4.98 Å². The number of allylic oxidation sites excluding steroid dienone is 6. The van der Waals surface area contributed by atoms with Crippen molar-refractivity contribution in [1.82, 2.24) is 14.9 Å². The van der Waals surface area contributed by atoms with Gasteiger partial charge in [-0.05, 0) is 100 Å². The number of nitrogens with two attached hydrogens (primary N) is 6. The van der Waals surface area contributed by atoms with Crippen LogP contribution in [0.5, 0.6) is 5.75 Å². The van der Waals surface area contributed by atoms with Crippen LogP contribution in [0.3, 0.4) is 0 Å². The number of methoxy groups -OCH3 is 1. The van der Waals surface area contributed by atoms with Crippen molar-refractivity contribution in [3.63, 3.8) is 0 Å². The van der Waals surface area contributed by atoms with Crippen molar-refractivity contribution < 1.29 is 88.5 Å². The number of phosphoric ester groups is 1. The maximum atomic E-state index is 14.4. The first-order valence-corrected chi connectivity index (χ1v) is 32.3. The summed E-state index contributed by atoms with van der Waals surface area (Å²) in [6.07, 6.45) is -5.01. The number of amides is 7. The average molecular weight is 1370 g/mol. The van der Waals surface area contributed by atoms with E-state index in [4.69, 9.17) is 85.1 Å². The third-order valence-corrected chi connectivity index (χ3v) is 21.5. The van der Waals surface area contributed by atoms with Gasteiger partial charge in [-0.2, -0.15) is 5.70 Å². The summed E-state index contributed by atoms with van der Waals surface area (Å²) in [5.74, 6) is -6.87. The molecule has 6 aliphatic rings. The summed E-state index contributed by atoms with van der Waals surface area (Å²) in [5.41, 5.74) is 35.3. The predicted octanol–water partition coefficient (Wildman–Crippen LogP) is 3.11. The fourth-order valence-corrected chi connectivity index (χ4v) is 16.5. The monoisotopic (exact) mass is 1370 g/mol. The van der Waals surface area contributed by atoms with Gasteiger partial charge in [-0.3, -0.25) is 53.1 Å². The molecule has 517 valence electrons. The molecule has 0 saturated carbocycles. The van der Waals surface area contributed by atoms with Crippen LogP contribution >= 0.6 is 7.82 Å². The molecule has 1 unspecified atom stereocenters. The second kappa shape index (κ2) is 29.0. The van der Waals surface area contributed by atoms with Crippen LogP contribution in [0.25, 0.3) is 16.4 Å². The number of aliphatic imine (C=N–C) groups is 3. The molecule has 0 spiro atoms. The van der Waals surface area contributed by atoms with Crippen molar-refractivity contribution in [3.05, 3.63) is 70.2 Å². The summed E-state index contributed by atoms with van der Waals surface area (Å²) in [5, 5.41) is 36.4. The standard InChI is InChI=1S/C62H90N13O15P.CN.Co/c1-29-20-39-38(22-40(29)87-11)70-28-75(39)57-52(84)53(41(27-76)88-57)90-91(85,86)89-30(2)26-69-49(83)18-19-59(7)36(21-46(66)80)56-62(10)61(9,25-48(68)82)35(14-17-45(65)79)51(74-62)32(4)55-60(8,24-47(67)81)33(12-15-43(63)77)37(71-55)23-42-58(5,6)34(13-16-44(64)78)50(72-42)31(3)54(59)73-56;1-2;/h20,22-23,28,30,33-36,41,52-53,56-57,76,84H,12-19,21,24-27H2,1-11H3,(H15,63,64,65,66,67,68,69,71,72,73,74,77,78,79,80,81,82,83,85,86);;/q;-1;/p-2/t30-,33-,34-,35-,36+,41-,52-,53-,56-,57+,59-,60+,61+,62+;;/m1../s1. The zero-order valence-corrected chi connectivity index (χ0v) is 56.8. The molecule has 8 rings (SSSR count). The number of primary amides is 6. The number of nitrogens with zero attached hydrogens (tertiary/aromatic N) is 7. The van der Waals surface area contributed by atoms with E-state index in [0.717, 1.165) is 5.56 Å². The van der Waals surface area contributed by atoms with Crippen LogP contribution in [-0.4, -0.2) is 135 Å². The van der Waals surface area contributed by atoms with Crippen molar-refractivity contribution in [2.75, 3.05) is 20.3 Å². The van der Waals surface area contributed by atoms with E-state index in [9.17, 15) is 53.2 Å². The number of nitrogens with one attached hydrogen (secondary N) is 1. The van der Waals surface area contributed by atoms with Gasteiger partial charge in [0.05, 0.1) is 48.4 Å². The summed E-state index contributed by atoms with van der Waals surface area (Å²) in [7, 11) is -3.83. The third-order valence-electron chi connectivity index (χ3n) is 20.4. The van der Waals surface area contributed by atoms with E-state index in [1.165, 1.54) is 24.9 Å². The van der Waals surface area contributed by atoms with Crippen molar-refractivity contribution >= 4 is 77.3 Å². The number of hydrogen-bond acceptors (Lipinski definition) is 20. The maximum absolute atomic E-state index is 14.4. The SMILES string of the molecule is COc1cc2ncn([C@H]3O[C@H](CO)[C@@H](OP(=O)([O-])O[C@H](C)CNC(=O)CC[C@@]4(C)/C5=C(\C)C6=N/C(=C\C7=NC(=C(/C)C8=N[C@@](C)([C@H]([N-]5)[C@@H]4CC(N)=O)[C@@](C)(CC(N)=O)[C@@H]8CCC(N)=O)/[C@@](C)(CC(N)=O)[C@@H]7CCC(N)=O)C(C)(C)[C@@H]6CCC(N)=O)[C@H]3O)c2cc1C.[C-]#N.[Co]. The number of aliphatic hydroxyl groups excluding tert-OH is 2. The summed E-state index contributed by atoms with van der Waals surface area (Å²) in [4.78, 5) is 128. The summed E-state index contributed by atoms with van der Waals surface area (Å²) in [6, 6.07) is 2.39. The molecule has 15 atom stereocenters. The first kappa shape index (κ1) is 75.8. The predicted molar refractivity (Wildman–Crippen MR) is 338 cm³/mol. The fourth-order valence-electron chi connectivity index (χ4n) is 15.4. The molecule has 0 aliphatic carbocycles. The zero-order chi connectivity index (χ0) is 69.4. The molecule has 15 N–H and O–H groups in total. The molecular formula is C63H88CoN14O15P-3. The van der Waals surface area contributed by atoms with E-state index in [0.29, 0.717) is 62.2 Å². The first-order chi connectivity index (χ1) is 43.4. The number of fused-ring (bicyclic) bond motifs is 7. The molecule has 7 amide bonds. The number of carbonyl (C=O) groups is 7. The molecule has 1 aromatic heterocycles. The van der Waals surface area contributed by atoms with Crippen LogP contribution in [0.4, 0.5) is 0 Å². The van der Waals surface area contributed by atoms with Gasteiger partial charge in [0.1, 0.15) is 24.1 Å². The molecule has 1 aromatic carbocycles. The van der Waals surface area contributed by atoms with Crippen LogP contribution in [0, 0.1) is 64.1 Å². The minimum Gasteiger partial charge on any atom is -0.756 e. The number of phosphoric acid groups is 1. The van der Waals surface area contributed by atoms with Gasteiger partial charge < -0.3 is 95.1 Å². The van der Waals surface area contributed by atoms with Crippen LogP contribution in [0.15, 0.2) is 67.8 Å². The number of aryl methyl sites for hydroxylation is 1. The molecule has 31 heteroatoms. The van der Waals surface area contributed by atoms with Gasteiger partial charge in [-0.15, -0.1) is 0 Å². The molecule has 1 radical (unpaired) electrons. The number of hydrogen-bond donors (Lipinski definition) is 9. The van der Waals surface area contributed by atoms with Gasteiger partial charge in [0.15, 0.2) is 6.23 Å². The van der Waals surface area contributed by atoms with Gasteiger partial charge >= 0.3 is 0 Å². The van der Waals surface area contributed by atoms with Crippen molar-refractivity contribution in [2.24, 2.45) is 94.7 Å². The number of aliphatic hydroxyl groups is 2. The number of carbonyl (C=O) groups excluding carboxylic acids is 7. The Morgan fingerprint density at radius 1 is 0.830 bits per heavy atom. The Morgan fingerprint density at radius 2 is 1.43 bits per heavy atom. The number of benzene rings is 1. The summed E-state index contributed by atoms with van der Waals surface area (Å²) >= 11 is 0. The number of ether oxygens (including phenoxy) is 2.